The van der Waals surface area contributed by atoms with Gasteiger partial charge >= 0.3 is 0 Å². The number of guanidine groups is 1. The maximum absolute atomic E-state index is 13.4. The topological polar surface area (TPSA) is 79.9 Å². The zero-order valence-corrected chi connectivity index (χ0v) is 17.3. The highest BCUT2D eigenvalue weighted by molar-refractivity contribution is 14.0. The molecule has 0 heterocycles. The molecule has 5 nitrogen and oxygen atoms in total. The summed E-state index contributed by atoms with van der Waals surface area (Å²) < 4.78 is 19.2. The Hall–Kier alpha value is -2.65. The highest BCUT2D eigenvalue weighted by Gasteiger charge is 2.03. The summed E-state index contributed by atoms with van der Waals surface area (Å²) >= 11 is 0. The number of benzene rings is 3. The Morgan fingerprint density at radius 2 is 1.75 bits per heavy atom. The molecular formula is C21H21FIN3O2. The van der Waals surface area contributed by atoms with Crippen LogP contribution in [0.3, 0.4) is 0 Å². The lowest BCUT2D eigenvalue weighted by Gasteiger charge is -2.09. The molecule has 4 N–H and O–H groups in total. The van der Waals surface area contributed by atoms with Gasteiger partial charge in [-0.05, 0) is 42.0 Å². The molecule has 0 bridgehead atoms. The number of nitrogens with zero attached hydrogens (tertiary/aromatic N) is 1. The number of hydrogen-bond acceptors (Lipinski definition) is 3. The number of aliphatic hydroxyl groups excluding tert-OH is 1. The maximum Gasteiger partial charge on any atom is 0.193 e. The van der Waals surface area contributed by atoms with Gasteiger partial charge in [-0.25, -0.2) is 9.38 Å². The van der Waals surface area contributed by atoms with Crippen molar-refractivity contribution in [3.63, 3.8) is 0 Å². The molecule has 0 aliphatic carbocycles. The van der Waals surface area contributed by atoms with Crippen LogP contribution < -0.4 is 15.8 Å². The molecule has 0 radical (unpaired) electrons. The zero-order chi connectivity index (χ0) is 19.1. The molecular weight excluding hydrogens is 472 g/mol. The highest BCUT2D eigenvalue weighted by atomic mass is 127. The van der Waals surface area contributed by atoms with Gasteiger partial charge in [0.2, 0.25) is 0 Å². The van der Waals surface area contributed by atoms with Crippen LogP contribution in [0, 0.1) is 5.82 Å². The van der Waals surface area contributed by atoms with Crippen molar-refractivity contribution in [2.45, 2.75) is 13.2 Å². The van der Waals surface area contributed by atoms with E-state index in [1.165, 1.54) is 6.07 Å². The summed E-state index contributed by atoms with van der Waals surface area (Å²) in [7, 11) is 0. The van der Waals surface area contributed by atoms with Crippen molar-refractivity contribution in [1.29, 1.82) is 0 Å². The molecule has 0 amide bonds. The molecule has 0 spiro atoms. The number of rotatable bonds is 6. The van der Waals surface area contributed by atoms with E-state index in [0.29, 0.717) is 5.75 Å². The van der Waals surface area contributed by atoms with Gasteiger partial charge < -0.3 is 20.9 Å². The number of nitrogens with two attached hydrogens (primary N) is 1. The van der Waals surface area contributed by atoms with Crippen LogP contribution in [0.2, 0.25) is 0 Å². The molecule has 0 saturated carbocycles. The average molecular weight is 493 g/mol. The van der Waals surface area contributed by atoms with Gasteiger partial charge in [0.1, 0.15) is 17.3 Å². The number of ether oxygens (including phenoxy) is 1. The van der Waals surface area contributed by atoms with Gasteiger partial charge in [0.15, 0.2) is 5.96 Å². The van der Waals surface area contributed by atoms with E-state index < -0.39 is 5.82 Å². The van der Waals surface area contributed by atoms with Gasteiger partial charge in [-0.3, -0.25) is 0 Å². The number of para-hydroxylation sites is 1. The fourth-order valence-electron chi connectivity index (χ4n) is 2.47. The molecule has 7 heteroatoms. The summed E-state index contributed by atoms with van der Waals surface area (Å²) in [5, 5.41) is 12.1. The molecule has 0 aliphatic rings. The van der Waals surface area contributed by atoms with Crippen LogP contribution in [-0.4, -0.2) is 11.1 Å². The van der Waals surface area contributed by atoms with Crippen molar-refractivity contribution < 1.29 is 14.2 Å². The van der Waals surface area contributed by atoms with Gasteiger partial charge in [0.05, 0.1) is 13.2 Å². The van der Waals surface area contributed by atoms with E-state index in [0.717, 1.165) is 17.0 Å². The monoisotopic (exact) mass is 493 g/mol. The van der Waals surface area contributed by atoms with Gasteiger partial charge in [0, 0.05) is 17.3 Å². The highest BCUT2D eigenvalue weighted by Crippen LogP contribution is 2.23. The Kier molecular flexibility index (Phi) is 8.21. The Bertz CT molecular complexity index is 936. The fourth-order valence-corrected chi connectivity index (χ4v) is 2.47. The summed E-state index contributed by atoms with van der Waals surface area (Å²) in [4.78, 5) is 4.25. The Morgan fingerprint density at radius 3 is 2.50 bits per heavy atom. The van der Waals surface area contributed by atoms with Crippen molar-refractivity contribution in [3.05, 3.63) is 89.7 Å². The van der Waals surface area contributed by atoms with Crippen molar-refractivity contribution in [2.75, 3.05) is 5.32 Å². The minimum absolute atomic E-state index is 0. The summed E-state index contributed by atoms with van der Waals surface area (Å²) in [6.45, 7) is -0.0857. The summed E-state index contributed by atoms with van der Waals surface area (Å²) in [5.41, 5.74) is 7.66. The zero-order valence-electron chi connectivity index (χ0n) is 15.0. The second-order valence-electron chi connectivity index (χ2n) is 5.85. The van der Waals surface area contributed by atoms with Crippen LogP contribution in [0.15, 0.2) is 77.8 Å². The SMILES string of the molecule is I.NC(=NCc1ccc(F)c(CO)c1)Nc1cccc(Oc2ccccc2)c1. The maximum atomic E-state index is 13.4. The Balaban J connectivity index is 0.00000280. The predicted octanol–water partition coefficient (Wildman–Crippen LogP) is 4.66. The van der Waals surface area contributed by atoms with Crippen LogP contribution in [0.4, 0.5) is 10.1 Å². The molecule has 0 aliphatic heterocycles. The lowest BCUT2D eigenvalue weighted by molar-refractivity contribution is 0.275. The van der Waals surface area contributed by atoms with Crippen LogP contribution in [0.25, 0.3) is 0 Å². The first-order valence-corrected chi connectivity index (χ1v) is 8.42. The van der Waals surface area contributed by atoms with E-state index >= 15 is 0 Å². The Labute approximate surface area is 180 Å². The summed E-state index contributed by atoms with van der Waals surface area (Å²) in [6, 6.07) is 21.3. The summed E-state index contributed by atoms with van der Waals surface area (Å²) in [6.07, 6.45) is 0. The smallest absolute Gasteiger partial charge is 0.193 e. The first kappa shape index (κ1) is 21.6. The Morgan fingerprint density at radius 1 is 1.00 bits per heavy atom. The standard InChI is InChI=1S/C21H20FN3O2.HI/c22-20-10-9-15(11-16(20)14-26)13-24-21(23)25-17-5-4-8-19(12-17)27-18-6-2-1-3-7-18;/h1-12,26H,13-14H2,(H3,23,24,25);1H. The number of halogens is 2. The molecule has 3 rings (SSSR count). The normalized spacial score (nSPS) is 10.9. The van der Waals surface area contributed by atoms with E-state index in [-0.39, 0.29) is 48.7 Å². The molecule has 0 fully saturated rings. The molecule has 3 aromatic rings. The molecule has 28 heavy (non-hydrogen) atoms. The van der Waals surface area contributed by atoms with E-state index in [9.17, 15) is 4.39 Å². The molecule has 0 atom stereocenters. The van der Waals surface area contributed by atoms with E-state index in [1.807, 2.05) is 54.6 Å². The minimum atomic E-state index is -0.438. The van der Waals surface area contributed by atoms with Crippen LogP contribution >= 0.6 is 24.0 Å². The van der Waals surface area contributed by atoms with Gasteiger partial charge in [-0.1, -0.05) is 30.3 Å². The van der Waals surface area contributed by atoms with Crippen molar-refractivity contribution >= 4 is 35.6 Å². The first-order valence-electron chi connectivity index (χ1n) is 8.42. The van der Waals surface area contributed by atoms with Crippen LogP contribution in [0.1, 0.15) is 11.1 Å². The molecule has 146 valence electrons. The van der Waals surface area contributed by atoms with Crippen LogP contribution in [0.5, 0.6) is 11.5 Å². The number of anilines is 1. The van der Waals surface area contributed by atoms with Crippen LogP contribution in [-0.2, 0) is 13.2 Å². The van der Waals surface area contributed by atoms with E-state index in [1.54, 1.807) is 12.1 Å². The third-order valence-electron chi connectivity index (χ3n) is 3.80. The van der Waals surface area contributed by atoms with Gasteiger partial charge in [-0.2, -0.15) is 0 Å². The number of aliphatic imine (C=N–C) groups is 1. The lowest BCUT2D eigenvalue weighted by Crippen LogP contribution is -2.22. The van der Waals surface area contributed by atoms with E-state index in [4.69, 9.17) is 15.6 Å². The molecule has 0 aromatic heterocycles. The molecule has 0 saturated heterocycles. The summed E-state index contributed by atoms with van der Waals surface area (Å²) in [5.74, 6) is 1.20. The fraction of sp³-hybridized carbons (Fsp3) is 0.0952. The number of aliphatic hydroxyl groups is 1. The first-order chi connectivity index (χ1) is 13.1. The van der Waals surface area contributed by atoms with Gasteiger partial charge in [0.25, 0.3) is 0 Å². The molecule has 0 unspecified atom stereocenters. The van der Waals surface area contributed by atoms with Gasteiger partial charge in [-0.15, -0.1) is 24.0 Å². The van der Waals surface area contributed by atoms with Crippen molar-refractivity contribution in [1.82, 2.24) is 0 Å². The van der Waals surface area contributed by atoms with E-state index in [2.05, 4.69) is 10.3 Å². The van der Waals surface area contributed by atoms with Crippen molar-refractivity contribution in [3.8, 4) is 11.5 Å². The van der Waals surface area contributed by atoms with Crippen molar-refractivity contribution in [2.24, 2.45) is 10.7 Å². The molecule has 3 aromatic carbocycles. The average Bonchev–Trinajstić information content (AvgIpc) is 2.68. The third-order valence-corrected chi connectivity index (χ3v) is 3.80. The second-order valence-corrected chi connectivity index (χ2v) is 5.85. The second kappa shape index (κ2) is 10.6. The lowest BCUT2D eigenvalue weighted by atomic mass is 10.1. The predicted molar refractivity (Wildman–Crippen MR) is 120 cm³/mol. The number of hydrogen-bond donors (Lipinski definition) is 3. The quantitative estimate of drug-likeness (QED) is 0.265. The largest absolute Gasteiger partial charge is 0.457 e. The minimum Gasteiger partial charge on any atom is -0.457 e. The third kappa shape index (κ3) is 6.21. The number of nitrogens with one attached hydrogen (secondary N) is 1.